The molecule has 2 N–H and O–H groups in total. The number of hydrogen-bond donors (Lipinski definition) is 2. The van der Waals surface area contributed by atoms with Crippen LogP contribution in [-0.4, -0.2) is 49.7 Å². The average molecular weight is 259 g/mol. The number of amides is 1. The van der Waals surface area contributed by atoms with Crippen molar-refractivity contribution in [3.05, 3.63) is 0 Å². The van der Waals surface area contributed by atoms with Gasteiger partial charge in [0.2, 0.25) is 5.91 Å². The van der Waals surface area contributed by atoms with Crippen molar-refractivity contribution >= 4 is 22.8 Å². The molecule has 1 saturated heterocycles. The molecule has 0 aromatic heterocycles. The van der Waals surface area contributed by atoms with Gasteiger partial charge in [-0.2, -0.15) is 0 Å². The minimum absolute atomic E-state index is 0.0649. The van der Waals surface area contributed by atoms with Crippen LogP contribution in [0, 0.1) is 5.92 Å². The maximum absolute atomic E-state index is 11.4. The lowest BCUT2D eigenvalue weighted by atomic mass is 10.1. The highest BCUT2D eigenvalue weighted by Gasteiger charge is 2.22. The smallest absolute Gasteiger partial charge is 0.241 e. The molecule has 98 valence electrons. The molecule has 1 amide bonds. The highest BCUT2D eigenvalue weighted by atomic mass is 32.2. The molecule has 1 rings (SSSR count). The topological polar surface area (TPSA) is 62.7 Å². The van der Waals surface area contributed by atoms with E-state index in [4.69, 9.17) is 4.74 Å². The van der Waals surface area contributed by atoms with E-state index < -0.39 is 0 Å². The molecule has 1 atom stereocenters. The molecule has 0 aromatic carbocycles. The number of amidine groups is 1. The number of carbonyl (C=O) groups is 1. The summed E-state index contributed by atoms with van der Waals surface area (Å²) in [5.41, 5.74) is 0. The summed E-state index contributed by atoms with van der Waals surface area (Å²) in [6.07, 6.45) is 0. The lowest BCUT2D eigenvalue weighted by molar-refractivity contribution is -0.119. The summed E-state index contributed by atoms with van der Waals surface area (Å²) in [5.74, 6) is 1.55. The quantitative estimate of drug-likeness (QED) is 0.681. The Labute approximate surface area is 107 Å². The Hall–Kier alpha value is -0.750. The van der Waals surface area contributed by atoms with E-state index in [2.05, 4.69) is 29.5 Å². The Balaban J connectivity index is 2.23. The van der Waals surface area contributed by atoms with E-state index in [0.717, 1.165) is 10.9 Å². The van der Waals surface area contributed by atoms with Crippen LogP contribution in [0.15, 0.2) is 4.99 Å². The van der Waals surface area contributed by atoms with E-state index in [1.165, 1.54) is 0 Å². The first kappa shape index (κ1) is 14.3. The first-order valence-corrected chi connectivity index (χ1v) is 6.81. The molecule has 1 heterocycles. The van der Waals surface area contributed by atoms with Crippen LogP contribution in [0.2, 0.25) is 0 Å². The van der Waals surface area contributed by atoms with Crippen molar-refractivity contribution in [1.82, 2.24) is 10.6 Å². The fourth-order valence-electron chi connectivity index (χ4n) is 1.35. The van der Waals surface area contributed by atoms with Crippen LogP contribution in [-0.2, 0) is 9.53 Å². The van der Waals surface area contributed by atoms with Crippen molar-refractivity contribution in [3.8, 4) is 0 Å². The van der Waals surface area contributed by atoms with Crippen molar-refractivity contribution in [2.45, 2.75) is 19.9 Å². The van der Waals surface area contributed by atoms with Gasteiger partial charge in [0.15, 0.2) is 5.17 Å². The molecule has 0 aliphatic carbocycles. The van der Waals surface area contributed by atoms with Gasteiger partial charge in [-0.05, 0) is 5.92 Å². The van der Waals surface area contributed by atoms with Gasteiger partial charge in [-0.1, -0.05) is 25.6 Å². The normalized spacial score (nSPS) is 21.9. The average Bonchev–Trinajstić information content (AvgIpc) is 2.75. The monoisotopic (exact) mass is 259 g/mol. The third-order valence-electron chi connectivity index (χ3n) is 2.51. The van der Waals surface area contributed by atoms with E-state index >= 15 is 0 Å². The number of hydrogen-bond acceptors (Lipinski definition) is 4. The van der Waals surface area contributed by atoms with Crippen LogP contribution in [0.4, 0.5) is 0 Å². The van der Waals surface area contributed by atoms with Crippen LogP contribution in [0.5, 0.6) is 0 Å². The second-order valence-corrected chi connectivity index (χ2v) is 5.28. The largest absolute Gasteiger partial charge is 0.383 e. The predicted molar refractivity (Wildman–Crippen MR) is 71.4 cm³/mol. The minimum atomic E-state index is -0.0649. The zero-order valence-corrected chi connectivity index (χ0v) is 11.5. The first-order chi connectivity index (χ1) is 8.13. The second-order valence-electron chi connectivity index (χ2n) is 4.27. The molecule has 6 heteroatoms. The van der Waals surface area contributed by atoms with Gasteiger partial charge in [0.05, 0.1) is 6.61 Å². The molecule has 17 heavy (non-hydrogen) atoms. The van der Waals surface area contributed by atoms with Gasteiger partial charge in [-0.3, -0.25) is 9.79 Å². The van der Waals surface area contributed by atoms with E-state index in [1.54, 1.807) is 18.9 Å². The Kier molecular flexibility index (Phi) is 6.36. The molecule has 0 unspecified atom stereocenters. The number of rotatable bonds is 6. The molecular weight excluding hydrogens is 238 g/mol. The van der Waals surface area contributed by atoms with Gasteiger partial charge in [0.1, 0.15) is 6.54 Å². The predicted octanol–water partition coefficient (Wildman–Crippen LogP) is 0.466. The minimum Gasteiger partial charge on any atom is -0.383 e. The summed E-state index contributed by atoms with van der Waals surface area (Å²) in [7, 11) is 1.61. The maximum Gasteiger partial charge on any atom is 0.241 e. The molecule has 0 saturated carbocycles. The third kappa shape index (κ3) is 5.41. The van der Waals surface area contributed by atoms with Crippen LogP contribution >= 0.6 is 11.8 Å². The van der Waals surface area contributed by atoms with Gasteiger partial charge in [-0.25, -0.2) is 0 Å². The fraction of sp³-hybridized carbons (Fsp3) is 0.818. The van der Waals surface area contributed by atoms with Crippen LogP contribution in [0.25, 0.3) is 0 Å². The van der Waals surface area contributed by atoms with Crippen LogP contribution in [0.1, 0.15) is 13.8 Å². The van der Waals surface area contributed by atoms with Gasteiger partial charge in [0, 0.05) is 25.4 Å². The molecule has 0 aromatic rings. The van der Waals surface area contributed by atoms with E-state index in [1.807, 2.05) is 0 Å². The zero-order chi connectivity index (χ0) is 12.7. The van der Waals surface area contributed by atoms with E-state index in [0.29, 0.717) is 25.1 Å². The van der Waals surface area contributed by atoms with Gasteiger partial charge in [-0.15, -0.1) is 0 Å². The summed E-state index contributed by atoms with van der Waals surface area (Å²) >= 11 is 1.68. The van der Waals surface area contributed by atoms with Gasteiger partial charge in [0.25, 0.3) is 0 Å². The molecule has 0 radical (unpaired) electrons. The van der Waals surface area contributed by atoms with E-state index in [-0.39, 0.29) is 12.5 Å². The summed E-state index contributed by atoms with van der Waals surface area (Å²) in [6, 6.07) is 0.468. The number of nitrogens with one attached hydrogen (secondary N) is 2. The van der Waals surface area contributed by atoms with Crippen LogP contribution < -0.4 is 10.6 Å². The highest BCUT2D eigenvalue weighted by Crippen LogP contribution is 2.18. The Morgan fingerprint density at radius 1 is 1.71 bits per heavy atom. The fourth-order valence-corrected chi connectivity index (χ4v) is 2.55. The van der Waals surface area contributed by atoms with E-state index in [9.17, 15) is 4.79 Å². The lowest BCUT2D eigenvalue weighted by Gasteiger charge is -2.13. The molecular formula is C11H21N3O2S. The van der Waals surface area contributed by atoms with Gasteiger partial charge >= 0.3 is 0 Å². The SMILES string of the molecule is COCCNC(=O)CN=C1N[C@@H](C(C)C)CS1. The third-order valence-corrected chi connectivity index (χ3v) is 3.55. The summed E-state index contributed by atoms with van der Waals surface area (Å²) < 4.78 is 4.84. The van der Waals surface area contributed by atoms with Crippen molar-refractivity contribution < 1.29 is 9.53 Å². The maximum atomic E-state index is 11.4. The number of ether oxygens (including phenoxy) is 1. The molecule has 0 bridgehead atoms. The molecule has 1 aliphatic heterocycles. The standard InChI is InChI=1S/C11H21N3O2S/c1-8(2)9-7-17-11(14-9)13-6-10(15)12-4-5-16-3/h8-9H,4-7H2,1-3H3,(H,12,15)(H,13,14)/t9-/m1/s1. The Bertz CT molecular complexity index is 282. The summed E-state index contributed by atoms with van der Waals surface area (Å²) in [6.45, 7) is 5.61. The number of methoxy groups -OCH3 is 1. The lowest BCUT2D eigenvalue weighted by Crippen LogP contribution is -2.33. The first-order valence-electron chi connectivity index (χ1n) is 5.83. The number of carbonyl (C=O) groups excluding carboxylic acids is 1. The van der Waals surface area contributed by atoms with Crippen molar-refractivity contribution in [1.29, 1.82) is 0 Å². The van der Waals surface area contributed by atoms with Crippen molar-refractivity contribution in [2.75, 3.05) is 32.6 Å². The molecule has 5 nitrogen and oxygen atoms in total. The highest BCUT2D eigenvalue weighted by molar-refractivity contribution is 8.14. The number of thioether (sulfide) groups is 1. The van der Waals surface area contributed by atoms with Crippen molar-refractivity contribution in [3.63, 3.8) is 0 Å². The van der Waals surface area contributed by atoms with Gasteiger partial charge < -0.3 is 15.4 Å². The zero-order valence-electron chi connectivity index (χ0n) is 10.7. The molecule has 1 aliphatic rings. The molecule has 1 fully saturated rings. The summed E-state index contributed by atoms with van der Waals surface area (Å²) in [5, 5.41) is 6.93. The Morgan fingerprint density at radius 2 is 2.47 bits per heavy atom. The Morgan fingerprint density at radius 3 is 3.06 bits per heavy atom. The molecule has 0 spiro atoms. The van der Waals surface area contributed by atoms with Crippen molar-refractivity contribution in [2.24, 2.45) is 10.9 Å². The number of aliphatic imine (C=N–C) groups is 1. The number of nitrogens with zero attached hydrogens (tertiary/aromatic N) is 1. The summed E-state index contributed by atoms with van der Waals surface area (Å²) in [4.78, 5) is 15.6. The van der Waals surface area contributed by atoms with Crippen LogP contribution in [0.3, 0.4) is 0 Å². The second kappa shape index (κ2) is 7.55.